The summed E-state index contributed by atoms with van der Waals surface area (Å²) < 4.78 is 59.8. The molecule has 2 amide bonds. The molecule has 0 aliphatic heterocycles. The Labute approximate surface area is 108 Å². The normalized spacial score (nSPS) is 12.1. The molecule has 1 rings (SSSR count). The molecule has 1 N–H and O–H groups in total. The van der Waals surface area contributed by atoms with E-state index in [1.54, 1.807) is 0 Å². The third-order valence-corrected chi connectivity index (χ3v) is 3.39. The Bertz CT molecular complexity index is 584. The van der Waals surface area contributed by atoms with Gasteiger partial charge in [0, 0.05) is 12.7 Å². The Kier molecular flexibility index (Phi) is 4.09. The van der Waals surface area contributed by atoms with Crippen LogP contribution in [0.3, 0.4) is 0 Å². The van der Waals surface area contributed by atoms with Crippen molar-refractivity contribution in [1.29, 1.82) is 0 Å². The zero-order chi connectivity index (χ0) is 14.8. The van der Waals surface area contributed by atoms with E-state index in [1.807, 2.05) is 0 Å². The number of benzene rings is 1. The molecule has 0 bridgehead atoms. The van der Waals surface area contributed by atoms with Gasteiger partial charge in [0.1, 0.15) is 0 Å². The number of amides is 2. The summed E-state index contributed by atoms with van der Waals surface area (Å²) >= 11 is 0. The fourth-order valence-electron chi connectivity index (χ4n) is 1.13. The first-order valence-corrected chi connectivity index (χ1v) is 6.79. The van der Waals surface area contributed by atoms with E-state index >= 15 is 0 Å². The fraction of sp³-hybridized carbons (Fsp3) is 0.300. The van der Waals surface area contributed by atoms with Crippen molar-refractivity contribution in [3.8, 4) is 0 Å². The number of rotatable bonds is 2. The molecule has 0 aliphatic rings. The number of hydrogen-bond acceptors (Lipinski definition) is 3. The molecule has 0 unspecified atom stereocenters. The van der Waals surface area contributed by atoms with Crippen molar-refractivity contribution in [2.75, 3.05) is 18.6 Å². The molecule has 0 spiro atoms. The number of sulfonamides is 1. The van der Waals surface area contributed by atoms with E-state index in [9.17, 15) is 26.4 Å². The van der Waals surface area contributed by atoms with E-state index in [4.69, 9.17) is 0 Å². The average Bonchev–Trinajstić information content (AvgIpc) is 2.26. The van der Waals surface area contributed by atoms with Crippen molar-refractivity contribution in [3.05, 3.63) is 29.8 Å². The first kappa shape index (κ1) is 15.3. The standard InChI is InChI=1S/C10H11F3N2O3S/c1-15(19(2,17)18)9(16)14-8-5-3-4-7(6-8)10(11,12)13/h3-6H,1-2H3,(H,14,16). The van der Waals surface area contributed by atoms with Crippen LogP contribution in [0.5, 0.6) is 0 Å². The van der Waals surface area contributed by atoms with Crippen molar-refractivity contribution in [1.82, 2.24) is 4.31 Å². The molecule has 0 aliphatic carbocycles. The van der Waals surface area contributed by atoms with Crippen molar-refractivity contribution < 1.29 is 26.4 Å². The number of urea groups is 1. The minimum Gasteiger partial charge on any atom is -0.307 e. The highest BCUT2D eigenvalue weighted by molar-refractivity contribution is 7.88. The number of anilines is 1. The summed E-state index contributed by atoms with van der Waals surface area (Å²) in [5.41, 5.74) is -1.08. The molecular weight excluding hydrogens is 285 g/mol. The Balaban J connectivity index is 2.93. The quantitative estimate of drug-likeness (QED) is 0.909. The summed E-state index contributed by atoms with van der Waals surface area (Å²) in [4.78, 5) is 11.5. The van der Waals surface area contributed by atoms with Gasteiger partial charge in [0.2, 0.25) is 10.0 Å². The SMILES string of the molecule is CN(C(=O)Nc1cccc(C(F)(F)F)c1)S(C)(=O)=O. The minimum atomic E-state index is -4.54. The molecule has 0 saturated carbocycles. The zero-order valence-electron chi connectivity index (χ0n) is 10.0. The molecule has 0 saturated heterocycles. The summed E-state index contributed by atoms with van der Waals surface area (Å²) in [7, 11) is -2.76. The summed E-state index contributed by atoms with van der Waals surface area (Å²) in [6, 6.07) is 2.85. The highest BCUT2D eigenvalue weighted by Crippen LogP contribution is 2.30. The highest BCUT2D eigenvalue weighted by atomic mass is 32.2. The van der Waals surface area contributed by atoms with Gasteiger partial charge in [-0.3, -0.25) is 0 Å². The molecule has 0 heterocycles. The molecule has 1 aromatic carbocycles. The third kappa shape index (κ3) is 4.12. The second kappa shape index (κ2) is 5.08. The van der Waals surface area contributed by atoms with Crippen LogP contribution >= 0.6 is 0 Å². The molecule has 5 nitrogen and oxygen atoms in total. The molecule has 1 aromatic rings. The van der Waals surface area contributed by atoms with Crippen LogP contribution in [0.15, 0.2) is 24.3 Å². The number of carbonyl (C=O) groups excluding carboxylic acids is 1. The van der Waals surface area contributed by atoms with E-state index in [2.05, 4.69) is 5.32 Å². The number of nitrogens with zero attached hydrogens (tertiary/aromatic N) is 1. The van der Waals surface area contributed by atoms with Crippen LogP contribution < -0.4 is 5.32 Å². The van der Waals surface area contributed by atoms with E-state index < -0.39 is 27.8 Å². The smallest absolute Gasteiger partial charge is 0.307 e. The summed E-state index contributed by atoms with van der Waals surface area (Å²) in [5.74, 6) is 0. The number of alkyl halides is 3. The summed E-state index contributed by atoms with van der Waals surface area (Å²) in [6.07, 6.45) is -3.73. The molecule has 0 radical (unpaired) electrons. The average molecular weight is 296 g/mol. The maximum atomic E-state index is 12.4. The number of halogens is 3. The van der Waals surface area contributed by atoms with Crippen LogP contribution in [0.4, 0.5) is 23.7 Å². The van der Waals surface area contributed by atoms with Gasteiger partial charge >= 0.3 is 12.2 Å². The van der Waals surface area contributed by atoms with E-state index in [1.165, 1.54) is 6.07 Å². The van der Waals surface area contributed by atoms with Crippen LogP contribution in [0, 0.1) is 0 Å². The van der Waals surface area contributed by atoms with Crippen LogP contribution in [0.25, 0.3) is 0 Å². The minimum absolute atomic E-state index is 0.143. The van der Waals surface area contributed by atoms with Gasteiger partial charge in [0.15, 0.2) is 0 Å². The van der Waals surface area contributed by atoms with Gasteiger partial charge in [-0.15, -0.1) is 0 Å². The fourth-order valence-corrected chi connectivity index (χ4v) is 1.47. The van der Waals surface area contributed by atoms with Crippen LogP contribution in [0.2, 0.25) is 0 Å². The van der Waals surface area contributed by atoms with Crippen molar-refractivity contribution in [3.63, 3.8) is 0 Å². The van der Waals surface area contributed by atoms with Crippen molar-refractivity contribution in [2.45, 2.75) is 6.18 Å². The number of carbonyl (C=O) groups is 1. The van der Waals surface area contributed by atoms with Crippen LogP contribution in [0.1, 0.15) is 5.56 Å². The molecule has 19 heavy (non-hydrogen) atoms. The maximum absolute atomic E-state index is 12.4. The molecule has 106 valence electrons. The van der Waals surface area contributed by atoms with Gasteiger partial charge in [-0.1, -0.05) is 6.07 Å². The predicted molar refractivity (Wildman–Crippen MR) is 63.1 cm³/mol. The monoisotopic (exact) mass is 296 g/mol. The largest absolute Gasteiger partial charge is 0.416 e. The Morgan fingerprint density at radius 3 is 2.37 bits per heavy atom. The lowest BCUT2D eigenvalue weighted by molar-refractivity contribution is -0.137. The number of hydrogen-bond donors (Lipinski definition) is 1. The lowest BCUT2D eigenvalue weighted by atomic mass is 10.2. The van der Waals surface area contributed by atoms with E-state index in [0.717, 1.165) is 25.4 Å². The third-order valence-electron chi connectivity index (χ3n) is 2.22. The maximum Gasteiger partial charge on any atom is 0.416 e. The lowest BCUT2D eigenvalue weighted by Gasteiger charge is -2.16. The van der Waals surface area contributed by atoms with E-state index in [0.29, 0.717) is 10.4 Å². The van der Waals surface area contributed by atoms with Gasteiger partial charge < -0.3 is 5.32 Å². The Morgan fingerprint density at radius 1 is 1.32 bits per heavy atom. The first-order valence-electron chi connectivity index (χ1n) is 4.94. The second-order valence-electron chi connectivity index (χ2n) is 3.74. The topological polar surface area (TPSA) is 66.5 Å². The van der Waals surface area contributed by atoms with Gasteiger partial charge in [-0.05, 0) is 18.2 Å². The highest BCUT2D eigenvalue weighted by Gasteiger charge is 2.30. The summed E-state index contributed by atoms with van der Waals surface area (Å²) in [5, 5.41) is 2.07. The second-order valence-corrected chi connectivity index (χ2v) is 5.75. The zero-order valence-corrected chi connectivity index (χ0v) is 10.8. The van der Waals surface area contributed by atoms with Gasteiger partial charge in [0.05, 0.1) is 11.8 Å². The molecule has 0 atom stereocenters. The molecule has 0 aromatic heterocycles. The van der Waals surface area contributed by atoms with E-state index in [-0.39, 0.29) is 5.69 Å². The van der Waals surface area contributed by atoms with Crippen molar-refractivity contribution in [2.24, 2.45) is 0 Å². The van der Waals surface area contributed by atoms with Gasteiger partial charge in [-0.25, -0.2) is 17.5 Å². The molecule has 9 heteroatoms. The lowest BCUT2D eigenvalue weighted by Crippen LogP contribution is -2.35. The molecular formula is C10H11F3N2O3S. The van der Waals surface area contributed by atoms with Gasteiger partial charge in [0.25, 0.3) is 0 Å². The van der Waals surface area contributed by atoms with Gasteiger partial charge in [-0.2, -0.15) is 13.2 Å². The number of nitrogens with one attached hydrogen (secondary N) is 1. The van der Waals surface area contributed by atoms with Crippen LogP contribution in [-0.2, 0) is 16.2 Å². The van der Waals surface area contributed by atoms with Crippen LogP contribution in [-0.4, -0.2) is 32.1 Å². The predicted octanol–water partition coefficient (Wildman–Crippen LogP) is 2.13. The molecule has 0 fully saturated rings. The Morgan fingerprint density at radius 2 is 1.89 bits per heavy atom. The summed E-state index contributed by atoms with van der Waals surface area (Å²) in [6.45, 7) is 0. The Hall–Kier alpha value is -1.77. The van der Waals surface area contributed by atoms with Crippen molar-refractivity contribution >= 4 is 21.7 Å². The first-order chi connectivity index (χ1) is 8.51.